The lowest BCUT2D eigenvalue weighted by atomic mass is 10.2. The molecule has 0 saturated carbocycles. The van der Waals surface area contributed by atoms with Gasteiger partial charge in [-0.25, -0.2) is 13.1 Å². The molecule has 0 aliphatic heterocycles. The van der Waals surface area contributed by atoms with Gasteiger partial charge in [0.1, 0.15) is 0 Å². The fraction of sp³-hybridized carbons (Fsp3) is 0.286. The van der Waals surface area contributed by atoms with Crippen LogP contribution in [0.5, 0.6) is 0 Å². The number of thiophene rings is 1. The molecule has 0 aliphatic carbocycles. The number of nitrogens with one attached hydrogen (secondary N) is 1. The summed E-state index contributed by atoms with van der Waals surface area (Å²) in [6, 6.07) is 6.84. The molecular weight excluding hydrogens is 292 g/mol. The third kappa shape index (κ3) is 3.39. The number of hydrogen-bond acceptors (Lipinski definition) is 4. The van der Waals surface area contributed by atoms with E-state index in [1.807, 2.05) is 26.8 Å². The van der Waals surface area contributed by atoms with E-state index in [2.05, 4.69) is 4.72 Å². The van der Waals surface area contributed by atoms with Crippen LogP contribution in [0.2, 0.25) is 0 Å². The number of rotatable bonds is 4. The first-order chi connectivity index (χ1) is 9.28. The molecule has 1 aromatic carbocycles. The zero-order chi connectivity index (χ0) is 14.9. The number of hydrogen-bond donors (Lipinski definition) is 2. The lowest BCUT2D eigenvalue weighted by Gasteiger charge is -2.07. The molecule has 1 heterocycles. The van der Waals surface area contributed by atoms with E-state index in [9.17, 15) is 8.42 Å². The highest BCUT2D eigenvalue weighted by Crippen LogP contribution is 2.21. The summed E-state index contributed by atoms with van der Waals surface area (Å²) in [6.45, 7) is 6.17. The summed E-state index contributed by atoms with van der Waals surface area (Å²) < 4.78 is 27.1. The maximum Gasteiger partial charge on any atom is 0.240 e. The van der Waals surface area contributed by atoms with Crippen LogP contribution in [0.4, 0.5) is 5.69 Å². The van der Waals surface area contributed by atoms with Gasteiger partial charge < -0.3 is 5.73 Å². The summed E-state index contributed by atoms with van der Waals surface area (Å²) in [7, 11) is -3.53. The first-order valence-electron chi connectivity index (χ1n) is 6.21. The van der Waals surface area contributed by atoms with Crippen molar-refractivity contribution in [1.29, 1.82) is 0 Å². The second-order valence-corrected chi connectivity index (χ2v) is 7.96. The van der Waals surface area contributed by atoms with Crippen LogP contribution in [0.25, 0.3) is 0 Å². The zero-order valence-electron chi connectivity index (χ0n) is 11.7. The zero-order valence-corrected chi connectivity index (χ0v) is 13.4. The molecule has 0 bridgehead atoms. The second-order valence-electron chi connectivity index (χ2n) is 4.86. The number of aryl methyl sites for hydroxylation is 3. The van der Waals surface area contributed by atoms with Crippen molar-refractivity contribution in [1.82, 2.24) is 4.72 Å². The van der Waals surface area contributed by atoms with E-state index in [-0.39, 0.29) is 4.90 Å². The minimum absolute atomic E-state index is 0.208. The summed E-state index contributed by atoms with van der Waals surface area (Å²) >= 11 is 1.60. The Kier molecular flexibility index (Phi) is 4.17. The van der Waals surface area contributed by atoms with Crippen molar-refractivity contribution in [2.45, 2.75) is 32.2 Å². The smallest absolute Gasteiger partial charge is 0.240 e. The molecular formula is C14H18N2O2S2. The van der Waals surface area contributed by atoms with Gasteiger partial charge in [-0.2, -0.15) is 0 Å². The molecule has 6 heteroatoms. The van der Waals surface area contributed by atoms with E-state index >= 15 is 0 Å². The third-order valence-electron chi connectivity index (χ3n) is 3.04. The van der Waals surface area contributed by atoms with Crippen LogP contribution in [0.3, 0.4) is 0 Å². The quantitative estimate of drug-likeness (QED) is 0.853. The molecule has 108 valence electrons. The summed E-state index contributed by atoms with van der Waals surface area (Å²) in [6.07, 6.45) is 0. The largest absolute Gasteiger partial charge is 0.399 e. The number of nitrogens with two attached hydrogens (primary N) is 1. The van der Waals surface area contributed by atoms with Crippen LogP contribution < -0.4 is 10.5 Å². The maximum atomic E-state index is 12.2. The van der Waals surface area contributed by atoms with Crippen LogP contribution in [-0.2, 0) is 16.6 Å². The topological polar surface area (TPSA) is 72.2 Å². The first-order valence-corrected chi connectivity index (χ1v) is 8.50. The van der Waals surface area contributed by atoms with Crippen molar-refractivity contribution >= 4 is 27.0 Å². The van der Waals surface area contributed by atoms with Crippen molar-refractivity contribution in [2.24, 2.45) is 0 Å². The van der Waals surface area contributed by atoms with Gasteiger partial charge in [0.25, 0.3) is 0 Å². The highest BCUT2D eigenvalue weighted by Gasteiger charge is 2.15. The molecule has 4 nitrogen and oxygen atoms in total. The van der Waals surface area contributed by atoms with Crippen molar-refractivity contribution in [3.63, 3.8) is 0 Å². The van der Waals surface area contributed by atoms with Crippen LogP contribution in [0.1, 0.15) is 20.9 Å². The molecule has 0 saturated heterocycles. The average Bonchev–Trinajstić information content (AvgIpc) is 2.65. The second kappa shape index (κ2) is 5.55. The van der Waals surface area contributed by atoms with Gasteiger partial charge in [-0.15, -0.1) is 11.3 Å². The summed E-state index contributed by atoms with van der Waals surface area (Å²) in [5.74, 6) is 0. The number of benzene rings is 1. The highest BCUT2D eigenvalue weighted by atomic mass is 32.2. The van der Waals surface area contributed by atoms with Crippen LogP contribution in [0.15, 0.2) is 29.2 Å². The van der Waals surface area contributed by atoms with E-state index in [0.29, 0.717) is 12.2 Å². The highest BCUT2D eigenvalue weighted by molar-refractivity contribution is 7.89. The summed E-state index contributed by atoms with van der Waals surface area (Å²) in [5, 5.41) is 0. The predicted molar refractivity (Wildman–Crippen MR) is 83.4 cm³/mol. The lowest BCUT2D eigenvalue weighted by Crippen LogP contribution is -2.23. The van der Waals surface area contributed by atoms with E-state index in [0.717, 1.165) is 10.4 Å². The SMILES string of the molecule is Cc1cc(N)cc(S(=O)(=O)NCc2cc(C)c(C)s2)c1. The van der Waals surface area contributed by atoms with Gasteiger partial charge in [0.2, 0.25) is 10.0 Å². The third-order valence-corrected chi connectivity index (χ3v) is 5.57. The van der Waals surface area contributed by atoms with Gasteiger partial charge in [-0.1, -0.05) is 0 Å². The van der Waals surface area contributed by atoms with Gasteiger partial charge >= 0.3 is 0 Å². The number of anilines is 1. The Morgan fingerprint density at radius 3 is 2.40 bits per heavy atom. The van der Waals surface area contributed by atoms with E-state index < -0.39 is 10.0 Å². The molecule has 0 aliphatic rings. The minimum Gasteiger partial charge on any atom is -0.399 e. The Hall–Kier alpha value is -1.37. The molecule has 1 aromatic heterocycles. The Labute approximate surface area is 123 Å². The fourth-order valence-electron chi connectivity index (χ4n) is 1.92. The molecule has 0 fully saturated rings. The Bertz CT molecular complexity index is 694. The van der Waals surface area contributed by atoms with Crippen molar-refractivity contribution in [3.8, 4) is 0 Å². The van der Waals surface area contributed by atoms with E-state index in [1.54, 1.807) is 23.5 Å². The van der Waals surface area contributed by atoms with Crippen LogP contribution in [-0.4, -0.2) is 8.42 Å². The van der Waals surface area contributed by atoms with Crippen LogP contribution in [0, 0.1) is 20.8 Å². The van der Waals surface area contributed by atoms with Gasteiger partial charge in [0.05, 0.1) is 4.90 Å². The average molecular weight is 310 g/mol. The lowest BCUT2D eigenvalue weighted by molar-refractivity contribution is 0.581. The Morgan fingerprint density at radius 1 is 1.15 bits per heavy atom. The molecule has 0 amide bonds. The molecule has 2 aromatic rings. The van der Waals surface area contributed by atoms with Crippen molar-refractivity contribution < 1.29 is 8.42 Å². The van der Waals surface area contributed by atoms with Crippen LogP contribution >= 0.6 is 11.3 Å². The molecule has 20 heavy (non-hydrogen) atoms. The number of nitrogen functional groups attached to an aromatic ring is 1. The van der Waals surface area contributed by atoms with E-state index in [1.165, 1.54) is 16.5 Å². The Balaban J connectivity index is 2.18. The van der Waals surface area contributed by atoms with Gasteiger partial charge in [-0.05, 0) is 56.2 Å². The molecule has 0 atom stereocenters. The van der Waals surface area contributed by atoms with Crippen molar-refractivity contribution in [3.05, 3.63) is 45.1 Å². The van der Waals surface area contributed by atoms with Gasteiger partial charge in [-0.3, -0.25) is 0 Å². The molecule has 0 unspecified atom stereocenters. The standard InChI is InChI=1S/C14H18N2O2S2/c1-9-4-12(15)7-14(5-9)20(17,18)16-8-13-6-10(2)11(3)19-13/h4-7,16H,8,15H2,1-3H3. The molecule has 3 N–H and O–H groups in total. The normalized spacial score (nSPS) is 11.8. The summed E-state index contributed by atoms with van der Waals surface area (Å²) in [4.78, 5) is 2.42. The molecule has 0 spiro atoms. The summed E-state index contributed by atoms with van der Waals surface area (Å²) in [5.41, 5.74) is 8.16. The fourth-order valence-corrected chi connectivity index (χ4v) is 4.15. The maximum absolute atomic E-state index is 12.2. The Morgan fingerprint density at radius 2 is 1.85 bits per heavy atom. The first kappa shape index (κ1) is 15.0. The van der Waals surface area contributed by atoms with Crippen molar-refractivity contribution in [2.75, 3.05) is 5.73 Å². The minimum atomic E-state index is -3.53. The van der Waals surface area contributed by atoms with Gasteiger partial charge in [0.15, 0.2) is 0 Å². The monoisotopic (exact) mass is 310 g/mol. The van der Waals surface area contributed by atoms with Gasteiger partial charge in [0, 0.05) is 22.0 Å². The van der Waals surface area contributed by atoms with E-state index in [4.69, 9.17) is 5.73 Å². The number of sulfonamides is 1. The molecule has 2 rings (SSSR count). The molecule has 0 radical (unpaired) electrons. The predicted octanol–water partition coefficient (Wildman–Crippen LogP) is 2.73.